The molecule has 0 unspecified atom stereocenters. The monoisotopic (exact) mass is 283 g/mol. The van der Waals surface area contributed by atoms with Crippen molar-refractivity contribution in [3.63, 3.8) is 0 Å². The Morgan fingerprint density at radius 1 is 1.36 bits per heavy atom. The van der Waals surface area contributed by atoms with Gasteiger partial charge in [0.05, 0.1) is 8.47 Å². The van der Waals surface area contributed by atoms with Crippen molar-refractivity contribution < 1.29 is 8.42 Å². The Kier molecular flexibility index (Phi) is 2.72. The summed E-state index contributed by atoms with van der Waals surface area (Å²) in [4.78, 5) is 0.292. The van der Waals surface area contributed by atoms with Gasteiger partial charge in [-0.25, -0.2) is 8.42 Å². The summed E-state index contributed by atoms with van der Waals surface area (Å²) in [6.45, 7) is 0. The van der Waals surface area contributed by atoms with Gasteiger partial charge in [-0.15, -0.1) is 0 Å². The topological polar surface area (TPSA) is 60.2 Å². The lowest BCUT2D eigenvalue weighted by atomic mass is 10.3. The van der Waals surface area contributed by atoms with E-state index in [1.807, 2.05) is 22.6 Å². The van der Waals surface area contributed by atoms with E-state index in [0.717, 1.165) is 0 Å². The molecule has 0 radical (unpaired) electrons. The maximum atomic E-state index is 10.6. The van der Waals surface area contributed by atoms with Crippen LogP contribution in [0.2, 0.25) is 0 Å². The van der Waals surface area contributed by atoms with Crippen LogP contribution in [0.3, 0.4) is 0 Å². The van der Waals surface area contributed by atoms with Gasteiger partial charge in [-0.3, -0.25) is 0 Å². The second-order valence-electron chi connectivity index (χ2n) is 1.94. The molecule has 1 rings (SSSR count). The zero-order valence-electron chi connectivity index (χ0n) is 5.45. The Bertz CT molecular complexity index is 340. The first-order chi connectivity index (χ1) is 5.13. The first-order valence-corrected chi connectivity index (χ1v) is 5.07. The van der Waals surface area contributed by atoms with Crippen LogP contribution in [0.4, 0.5) is 5.69 Å². The average Bonchev–Trinajstić information content (AvgIpc) is 1.94. The van der Waals surface area contributed by atoms with Crippen LogP contribution in [0.1, 0.15) is 0 Å². The number of halogens is 1. The lowest BCUT2D eigenvalue weighted by molar-refractivity contribution is 0.614. The highest BCUT2D eigenvalue weighted by Crippen LogP contribution is 2.19. The fourth-order valence-corrected chi connectivity index (χ4v) is 2.13. The number of rotatable bonds is 1. The van der Waals surface area contributed by atoms with Gasteiger partial charge in [0.1, 0.15) is 0 Å². The van der Waals surface area contributed by atoms with E-state index in [1.165, 1.54) is 6.07 Å². The van der Waals surface area contributed by atoms with Crippen molar-refractivity contribution in [2.75, 3.05) is 5.73 Å². The second-order valence-corrected chi connectivity index (χ2v) is 4.01. The van der Waals surface area contributed by atoms with Crippen molar-refractivity contribution >= 4 is 39.0 Å². The van der Waals surface area contributed by atoms with E-state index < -0.39 is 10.7 Å². The molecule has 0 amide bonds. The third kappa shape index (κ3) is 1.84. The summed E-state index contributed by atoms with van der Waals surface area (Å²) in [5.74, 6) is 0. The summed E-state index contributed by atoms with van der Waals surface area (Å²) in [5.41, 5.74) is 5.99. The van der Waals surface area contributed by atoms with Crippen LogP contribution < -0.4 is 5.73 Å². The normalized spacial score (nSPS) is 10.4. The molecule has 1 aromatic rings. The molecule has 0 saturated carbocycles. The van der Waals surface area contributed by atoms with E-state index in [1.54, 1.807) is 12.1 Å². The van der Waals surface area contributed by atoms with Gasteiger partial charge in [-0.05, 0) is 34.7 Å². The number of anilines is 1. The molecule has 3 nitrogen and oxygen atoms in total. The number of hydrogen-bond acceptors (Lipinski definition) is 3. The molecule has 0 atom stereocenters. The van der Waals surface area contributed by atoms with Gasteiger partial charge in [0.15, 0.2) is 10.7 Å². The van der Waals surface area contributed by atoms with Crippen LogP contribution in [-0.2, 0) is 10.7 Å². The number of hydrogen-bond donors (Lipinski definition) is 2. The summed E-state index contributed by atoms with van der Waals surface area (Å²) >= 11 is 1.91. The molecule has 0 aliphatic carbocycles. The molecule has 0 aliphatic rings. The molecular weight excluding hydrogens is 277 g/mol. The minimum Gasteiger partial charge on any atom is -0.398 e. The molecule has 0 aromatic heterocycles. The minimum atomic E-state index is -2.52. The van der Waals surface area contributed by atoms with E-state index in [4.69, 9.17) is 5.73 Å². The van der Waals surface area contributed by atoms with Crippen molar-refractivity contribution in [3.05, 3.63) is 21.8 Å². The SMILES string of the molecule is Nc1cccc([SH](=O)=O)c1I. The largest absolute Gasteiger partial charge is 0.398 e. The molecule has 0 heterocycles. The fourth-order valence-electron chi connectivity index (χ4n) is 0.678. The third-order valence-electron chi connectivity index (χ3n) is 1.20. The van der Waals surface area contributed by atoms with Crippen molar-refractivity contribution in [2.45, 2.75) is 4.90 Å². The van der Waals surface area contributed by atoms with Gasteiger partial charge in [0.25, 0.3) is 0 Å². The molecule has 0 saturated heterocycles. The third-order valence-corrected chi connectivity index (χ3v) is 3.60. The maximum Gasteiger partial charge on any atom is 0.169 e. The molecular formula is C6H6INO2S. The first kappa shape index (κ1) is 8.79. The van der Waals surface area contributed by atoms with E-state index >= 15 is 0 Å². The predicted molar refractivity (Wildman–Crippen MR) is 52.2 cm³/mol. The highest BCUT2D eigenvalue weighted by Gasteiger charge is 2.03. The van der Waals surface area contributed by atoms with Crippen molar-refractivity contribution in [2.24, 2.45) is 0 Å². The van der Waals surface area contributed by atoms with E-state index in [2.05, 4.69) is 0 Å². The molecule has 60 valence electrons. The van der Waals surface area contributed by atoms with Crippen molar-refractivity contribution in [1.82, 2.24) is 0 Å². The van der Waals surface area contributed by atoms with Gasteiger partial charge in [-0.1, -0.05) is 6.07 Å². The average molecular weight is 283 g/mol. The summed E-state index contributed by atoms with van der Waals surface area (Å²) < 4.78 is 21.7. The zero-order valence-corrected chi connectivity index (χ0v) is 8.50. The zero-order chi connectivity index (χ0) is 8.43. The Balaban J connectivity index is 3.39. The molecule has 0 bridgehead atoms. The lowest BCUT2D eigenvalue weighted by Crippen LogP contribution is -1.93. The van der Waals surface area contributed by atoms with Gasteiger partial charge >= 0.3 is 0 Å². The maximum absolute atomic E-state index is 10.6. The molecule has 0 spiro atoms. The summed E-state index contributed by atoms with van der Waals surface area (Å²) in [6, 6.07) is 4.83. The molecule has 2 N–H and O–H groups in total. The highest BCUT2D eigenvalue weighted by molar-refractivity contribution is 14.1. The Morgan fingerprint density at radius 3 is 2.45 bits per heavy atom. The number of benzene rings is 1. The number of nitrogens with two attached hydrogens (primary N) is 1. The smallest absolute Gasteiger partial charge is 0.169 e. The van der Waals surface area contributed by atoms with Gasteiger partial charge in [0.2, 0.25) is 0 Å². The van der Waals surface area contributed by atoms with Crippen LogP contribution in [-0.4, -0.2) is 8.42 Å². The second kappa shape index (κ2) is 3.40. The van der Waals surface area contributed by atoms with Crippen LogP contribution in [0.25, 0.3) is 0 Å². The van der Waals surface area contributed by atoms with E-state index in [-0.39, 0.29) is 0 Å². The quantitative estimate of drug-likeness (QED) is 0.456. The standard InChI is InChI=1S/C6H6INO2S/c7-6-4(8)2-1-3-5(6)11(9)10/h1-3,11H,8H2. The van der Waals surface area contributed by atoms with Crippen LogP contribution in [0.15, 0.2) is 23.1 Å². The molecule has 0 fully saturated rings. The Morgan fingerprint density at radius 2 is 2.00 bits per heavy atom. The molecule has 5 heteroatoms. The van der Waals surface area contributed by atoms with Gasteiger partial charge < -0.3 is 5.73 Å². The lowest BCUT2D eigenvalue weighted by Gasteiger charge is -1.98. The van der Waals surface area contributed by atoms with Gasteiger partial charge in [0, 0.05) is 5.69 Å². The fraction of sp³-hybridized carbons (Fsp3) is 0. The Hall–Kier alpha value is -0.300. The summed E-state index contributed by atoms with van der Waals surface area (Å²) in [7, 11) is -2.52. The Labute approximate surface area is 79.7 Å². The predicted octanol–water partition coefficient (Wildman–Crippen LogP) is 0.844. The highest BCUT2D eigenvalue weighted by atomic mass is 127. The molecule has 1 aromatic carbocycles. The number of nitrogen functional groups attached to an aromatic ring is 1. The van der Waals surface area contributed by atoms with E-state index in [0.29, 0.717) is 14.2 Å². The minimum absolute atomic E-state index is 0.292. The van der Waals surface area contributed by atoms with Crippen molar-refractivity contribution in [3.8, 4) is 0 Å². The molecule has 0 aliphatic heterocycles. The van der Waals surface area contributed by atoms with Crippen LogP contribution in [0, 0.1) is 3.57 Å². The summed E-state index contributed by atoms with van der Waals surface area (Å²) in [5, 5.41) is 0. The number of thiol groups is 1. The summed E-state index contributed by atoms with van der Waals surface area (Å²) in [6.07, 6.45) is 0. The molecule has 11 heavy (non-hydrogen) atoms. The first-order valence-electron chi connectivity index (χ1n) is 2.81. The van der Waals surface area contributed by atoms with E-state index in [9.17, 15) is 8.42 Å². The van der Waals surface area contributed by atoms with Crippen molar-refractivity contribution in [1.29, 1.82) is 0 Å². The van der Waals surface area contributed by atoms with Crippen LogP contribution in [0.5, 0.6) is 0 Å². The van der Waals surface area contributed by atoms with Crippen LogP contribution >= 0.6 is 22.6 Å². The van der Waals surface area contributed by atoms with Gasteiger partial charge in [-0.2, -0.15) is 0 Å².